The van der Waals surface area contributed by atoms with Crippen LogP contribution in [0.1, 0.15) is 5.56 Å². The van der Waals surface area contributed by atoms with Crippen LogP contribution in [0.25, 0.3) is 22.0 Å². The monoisotopic (exact) mass is 580 g/mol. The van der Waals surface area contributed by atoms with E-state index in [0.29, 0.717) is 10.9 Å². The number of sulfonamides is 1. The average Bonchev–Trinajstić information content (AvgIpc) is 3.34. The minimum atomic E-state index is -4.25. The van der Waals surface area contributed by atoms with E-state index in [1.54, 1.807) is 78.9 Å². The molecule has 5 rings (SSSR count). The molecule has 0 bridgehead atoms. The summed E-state index contributed by atoms with van der Waals surface area (Å²) >= 11 is 0. The second-order valence-corrected chi connectivity index (χ2v) is 14.5. The van der Waals surface area contributed by atoms with Crippen LogP contribution in [0, 0.1) is 0 Å². The van der Waals surface area contributed by atoms with Gasteiger partial charge in [-0.05, 0) is 53.1 Å². The molecule has 8 nitrogen and oxygen atoms in total. The lowest BCUT2D eigenvalue weighted by Gasteiger charge is -2.13. The summed E-state index contributed by atoms with van der Waals surface area (Å²) in [5.74, 6) is 0. The minimum absolute atomic E-state index is 0.0250. The van der Waals surface area contributed by atoms with Crippen molar-refractivity contribution in [3.05, 3.63) is 115 Å². The Kier molecular flexibility index (Phi) is 6.93. The predicted molar refractivity (Wildman–Crippen MR) is 150 cm³/mol. The lowest BCUT2D eigenvalue weighted by Crippen LogP contribution is -2.27. The van der Waals surface area contributed by atoms with E-state index in [4.69, 9.17) is 0 Å². The minimum Gasteiger partial charge on any atom is -0.224 e. The van der Waals surface area contributed by atoms with Gasteiger partial charge in [0.05, 0.1) is 15.3 Å². The van der Waals surface area contributed by atoms with Crippen molar-refractivity contribution in [2.45, 2.75) is 21.4 Å². The molecular formula is C28H24N2O6S3. The largest absolute Gasteiger partial charge is 0.269 e. The Balaban J connectivity index is 1.43. The smallest absolute Gasteiger partial charge is 0.224 e. The maximum Gasteiger partial charge on any atom is 0.269 e. The van der Waals surface area contributed by atoms with Gasteiger partial charge in [0.2, 0.25) is 0 Å². The number of benzene rings is 4. The third-order valence-electron chi connectivity index (χ3n) is 6.23. The number of aromatic nitrogens is 1. The molecule has 0 saturated heterocycles. The fourth-order valence-electron chi connectivity index (χ4n) is 4.20. The van der Waals surface area contributed by atoms with Crippen LogP contribution in [0.4, 0.5) is 0 Å². The van der Waals surface area contributed by atoms with Gasteiger partial charge in [-0.3, -0.25) is 0 Å². The van der Waals surface area contributed by atoms with Crippen molar-refractivity contribution in [1.82, 2.24) is 8.69 Å². The Morgan fingerprint density at radius 1 is 0.641 bits per heavy atom. The predicted octanol–water partition coefficient (Wildman–Crippen LogP) is 4.43. The van der Waals surface area contributed by atoms with E-state index in [-0.39, 0.29) is 26.9 Å². The van der Waals surface area contributed by atoms with Crippen molar-refractivity contribution in [2.24, 2.45) is 0 Å². The van der Waals surface area contributed by atoms with Gasteiger partial charge in [-0.15, -0.1) is 0 Å². The fraction of sp³-hybridized carbons (Fsp3) is 0.0714. The molecule has 1 aromatic heterocycles. The number of para-hydroxylation sites is 1. The lowest BCUT2D eigenvalue weighted by molar-refractivity contribution is 0.565. The van der Waals surface area contributed by atoms with Crippen molar-refractivity contribution in [3.63, 3.8) is 0 Å². The molecule has 0 fully saturated rings. The topological polar surface area (TPSA) is 119 Å². The summed E-state index contributed by atoms with van der Waals surface area (Å²) in [6.45, 7) is -0.0669. The highest BCUT2D eigenvalue weighted by Gasteiger charge is 2.29. The average molecular weight is 581 g/mol. The van der Waals surface area contributed by atoms with Crippen molar-refractivity contribution in [1.29, 1.82) is 0 Å². The Morgan fingerprint density at radius 2 is 1.21 bits per heavy atom. The van der Waals surface area contributed by atoms with Crippen LogP contribution in [0.5, 0.6) is 0 Å². The Labute approximate surface area is 227 Å². The first-order chi connectivity index (χ1) is 18.5. The molecular weight excluding hydrogens is 557 g/mol. The van der Waals surface area contributed by atoms with Crippen LogP contribution in [0.2, 0.25) is 0 Å². The summed E-state index contributed by atoms with van der Waals surface area (Å²) in [5, 5.41) is 0.0961. The van der Waals surface area contributed by atoms with Crippen molar-refractivity contribution in [2.75, 3.05) is 6.26 Å². The molecule has 1 heterocycles. The molecule has 0 aliphatic carbocycles. The lowest BCUT2D eigenvalue weighted by atomic mass is 10.0. The van der Waals surface area contributed by atoms with Crippen molar-refractivity contribution >= 4 is 40.8 Å². The van der Waals surface area contributed by atoms with Crippen molar-refractivity contribution in [3.8, 4) is 11.1 Å². The Hall–Kier alpha value is -3.77. The van der Waals surface area contributed by atoms with Crippen LogP contribution >= 0.6 is 0 Å². The van der Waals surface area contributed by atoms with E-state index >= 15 is 0 Å². The van der Waals surface area contributed by atoms with Gasteiger partial charge in [0.15, 0.2) is 14.9 Å². The maximum absolute atomic E-state index is 13.5. The highest BCUT2D eigenvalue weighted by Crippen LogP contribution is 2.29. The molecule has 0 radical (unpaired) electrons. The summed E-state index contributed by atoms with van der Waals surface area (Å²) in [6.07, 6.45) is 1.15. The van der Waals surface area contributed by atoms with Gasteiger partial charge >= 0.3 is 0 Å². The summed E-state index contributed by atoms with van der Waals surface area (Å²) in [5.41, 5.74) is 2.55. The molecule has 1 N–H and O–H groups in total. The Bertz CT molecular complexity index is 1980. The van der Waals surface area contributed by atoms with Gasteiger partial charge in [-0.25, -0.2) is 33.9 Å². The zero-order valence-corrected chi connectivity index (χ0v) is 23.2. The molecule has 200 valence electrons. The van der Waals surface area contributed by atoms with Gasteiger partial charge in [-0.1, -0.05) is 72.8 Å². The van der Waals surface area contributed by atoms with Crippen LogP contribution in [-0.4, -0.2) is 35.5 Å². The molecule has 0 spiro atoms. The third-order valence-corrected chi connectivity index (χ3v) is 10.6. The zero-order chi connectivity index (χ0) is 27.8. The van der Waals surface area contributed by atoms with Crippen LogP contribution < -0.4 is 4.72 Å². The molecule has 11 heteroatoms. The van der Waals surface area contributed by atoms with Gasteiger partial charge in [0, 0.05) is 18.2 Å². The first-order valence-electron chi connectivity index (χ1n) is 11.8. The molecule has 39 heavy (non-hydrogen) atoms. The van der Waals surface area contributed by atoms with E-state index in [1.807, 2.05) is 0 Å². The summed E-state index contributed by atoms with van der Waals surface area (Å²) in [6, 6.07) is 29.2. The maximum atomic E-state index is 13.5. The molecule has 0 aliphatic heterocycles. The molecule has 0 unspecified atom stereocenters. The number of sulfone groups is 1. The highest BCUT2D eigenvalue weighted by molar-refractivity contribution is 7.92. The number of nitrogens with one attached hydrogen (secondary N) is 1. The summed E-state index contributed by atoms with van der Waals surface area (Å²) in [7, 11) is -11.7. The summed E-state index contributed by atoms with van der Waals surface area (Å²) in [4.78, 5) is 0.201. The molecule has 0 amide bonds. The number of hydrogen-bond donors (Lipinski definition) is 1. The Morgan fingerprint density at radius 3 is 1.82 bits per heavy atom. The summed E-state index contributed by atoms with van der Waals surface area (Å²) < 4.78 is 80.7. The first kappa shape index (κ1) is 26.8. The van der Waals surface area contributed by atoms with E-state index in [2.05, 4.69) is 4.72 Å². The van der Waals surface area contributed by atoms with Crippen LogP contribution in [0.15, 0.2) is 124 Å². The van der Waals surface area contributed by atoms with Gasteiger partial charge in [-0.2, -0.15) is 0 Å². The quantitative estimate of drug-likeness (QED) is 0.290. The molecule has 0 aliphatic rings. The van der Waals surface area contributed by atoms with Gasteiger partial charge in [0.1, 0.15) is 0 Å². The first-order valence-corrected chi connectivity index (χ1v) is 16.6. The van der Waals surface area contributed by atoms with E-state index in [1.165, 1.54) is 30.3 Å². The number of nitrogens with zero attached hydrogens (tertiary/aromatic N) is 1. The standard InChI is InChI=1S/C28H24N2O6S3/c1-37(31,32)25-17-15-23(16-18-25)22-13-11-21(12-14-22)20-29-38(33,34)28-19-24-7-5-6-10-27(24)30(28)39(35,36)26-8-3-2-4-9-26/h2-19,29H,20H2,1H3. The van der Waals surface area contributed by atoms with Crippen LogP contribution in [0.3, 0.4) is 0 Å². The third kappa shape index (κ3) is 5.39. The number of hydrogen-bond acceptors (Lipinski definition) is 6. The van der Waals surface area contributed by atoms with E-state index < -0.39 is 29.9 Å². The second kappa shape index (κ2) is 10.1. The van der Waals surface area contributed by atoms with Crippen molar-refractivity contribution < 1.29 is 25.3 Å². The fourth-order valence-corrected chi connectivity index (χ4v) is 7.95. The molecule has 5 aromatic rings. The van der Waals surface area contributed by atoms with Gasteiger partial charge in [0.25, 0.3) is 20.0 Å². The number of fused-ring (bicyclic) bond motifs is 1. The van der Waals surface area contributed by atoms with Gasteiger partial charge < -0.3 is 0 Å². The SMILES string of the molecule is CS(=O)(=O)c1ccc(-c2ccc(CNS(=O)(=O)c3cc4ccccc4n3S(=O)(=O)c3ccccc3)cc2)cc1. The highest BCUT2D eigenvalue weighted by atomic mass is 32.2. The van der Waals surface area contributed by atoms with Crippen LogP contribution in [-0.2, 0) is 36.4 Å². The second-order valence-electron chi connectivity index (χ2n) is 8.94. The molecule has 0 atom stereocenters. The zero-order valence-electron chi connectivity index (χ0n) is 20.7. The molecule has 0 saturated carbocycles. The number of rotatable bonds is 8. The molecule has 4 aromatic carbocycles. The normalized spacial score (nSPS) is 12.5. The van der Waals surface area contributed by atoms with E-state index in [0.717, 1.165) is 21.4 Å². The van der Waals surface area contributed by atoms with E-state index in [9.17, 15) is 25.3 Å².